The Kier molecular flexibility index (Phi) is 2.99. The first-order valence-corrected chi connectivity index (χ1v) is 3.83. The van der Waals surface area contributed by atoms with Gasteiger partial charge in [0.1, 0.15) is 0 Å². The quantitative estimate of drug-likeness (QED) is 0.679. The van der Waals surface area contributed by atoms with Crippen LogP contribution in [0.5, 0.6) is 0 Å². The molecule has 1 unspecified atom stereocenters. The van der Waals surface area contributed by atoms with E-state index in [2.05, 4.69) is 20.7 Å². The fraction of sp³-hybridized carbons (Fsp3) is 0.833. The maximum absolute atomic E-state index is 4.12. The first-order valence-electron chi connectivity index (χ1n) is 3.83. The van der Waals surface area contributed by atoms with Crippen molar-refractivity contribution in [2.24, 2.45) is 7.05 Å². The van der Waals surface area contributed by atoms with E-state index in [1.165, 1.54) is 11.2 Å². The van der Waals surface area contributed by atoms with E-state index in [9.17, 15) is 0 Å². The van der Waals surface area contributed by atoms with Crippen LogP contribution in [0.15, 0.2) is 0 Å². The van der Waals surface area contributed by atoms with E-state index in [4.69, 9.17) is 0 Å². The number of aromatic nitrogens is 4. The van der Waals surface area contributed by atoms with Gasteiger partial charge in [-0.25, -0.2) is 0 Å². The molecular weight excluding hydrogens is 178 g/mol. The molecule has 0 aromatic carbocycles. The molecule has 1 aromatic rings. The predicted octanol–water partition coefficient (Wildman–Crippen LogP) is 0.0564. The highest BCUT2D eigenvalue weighted by Gasteiger charge is 2.19. The molecular formula is C6H12ClN5. The fourth-order valence-corrected chi connectivity index (χ4v) is 1.34. The third kappa shape index (κ3) is 1.73. The molecule has 6 heteroatoms. The summed E-state index contributed by atoms with van der Waals surface area (Å²) < 4.78 is 0. The van der Waals surface area contributed by atoms with Crippen molar-refractivity contribution < 1.29 is 0 Å². The molecule has 1 fully saturated rings. The molecule has 1 atom stereocenters. The summed E-state index contributed by atoms with van der Waals surface area (Å²) in [5.41, 5.74) is 0. The van der Waals surface area contributed by atoms with Crippen molar-refractivity contribution in [2.75, 3.05) is 6.54 Å². The molecule has 1 aliphatic rings. The van der Waals surface area contributed by atoms with Crippen LogP contribution in [-0.4, -0.2) is 26.8 Å². The summed E-state index contributed by atoms with van der Waals surface area (Å²) in [7, 11) is 1.78. The molecule has 0 saturated carbocycles. The van der Waals surface area contributed by atoms with Crippen LogP contribution in [0.3, 0.4) is 0 Å². The fourth-order valence-electron chi connectivity index (χ4n) is 1.34. The number of hydrogen-bond donors (Lipinski definition) is 1. The van der Waals surface area contributed by atoms with Gasteiger partial charge in [0.2, 0.25) is 0 Å². The molecule has 1 N–H and O–H groups in total. The van der Waals surface area contributed by atoms with Gasteiger partial charge in [-0.3, -0.25) is 0 Å². The molecule has 0 bridgehead atoms. The zero-order valence-corrected chi connectivity index (χ0v) is 7.71. The summed E-state index contributed by atoms with van der Waals surface area (Å²) in [6.45, 7) is 1.07. The van der Waals surface area contributed by atoms with Crippen LogP contribution in [0.25, 0.3) is 0 Å². The molecule has 0 amide bonds. The molecule has 1 saturated heterocycles. The Morgan fingerprint density at radius 3 is 2.92 bits per heavy atom. The van der Waals surface area contributed by atoms with E-state index < -0.39 is 0 Å². The molecule has 2 rings (SSSR count). The van der Waals surface area contributed by atoms with Crippen molar-refractivity contribution in [2.45, 2.75) is 18.9 Å². The Hall–Kier alpha value is -0.680. The van der Waals surface area contributed by atoms with Crippen LogP contribution in [0, 0.1) is 0 Å². The van der Waals surface area contributed by atoms with Crippen molar-refractivity contribution in [3.63, 3.8) is 0 Å². The number of nitrogens with one attached hydrogen (secondary N) is 1. The molecule has 1 aromatic heterocycles. The number of aryl methyl sites for hydroxylation is 1. The van der Waals surface area contributed by atoms with Crippen molar-refractivity contribution in [1.82, 2.24) is 25.5 Å². The minimum absolute atomic E-state index is 0. The van der Waals surface area contributed by atoms with Crippen molar-refractivity contribution >= 4 is 12.4 Å². The highest BCUT2D eigenvalue weighted by atomic mass is 35.5. The lowest BCUT2D eigenvalue weighted by atomic mass is 10.2. The normalized spacial score (nSPS) is 22.2. The van der Waals surface area contributed by atoms with Gasteiger partial charge in [-0.05, 0) is 24.6 Å². The number of tetrazole rings is 1. The predicted molar refractivity (Wildman–Crippen MR) is 46.0 cm³/mol. The molecule has 0 aliphatic carbocycles. The number of nitrogens with zero attached hydrogens (tertiary/aromatic N) is 4. The van der Waals surface area contributed by atoms with Gasteiger partial charge in [-0.2, -0.15) is 4.80 Å². The first-order chi connectivity index (χ1) is 5.36. The molecule has 12 heavy (non-hydrogen) atoms. The van der Waals surface area contributed by atoms with Crippen LogP contribution in [0.1, 0.15) is 24.7 Å². The lowest BCUT2D eigenvalue weighted by molar-refractivity contribution is 0.589. The van der Waals surface area contributed by atoms with E-state index in [0.717, 1.165) is 18.8 Å². The van der Waals surface area contributed by atoms with Gasteiger partial charge in [0.05, 0.1) is 13.1 Å². The highest BCUT2D eigenvalue weighted by molar-refractivity contribution is 5.85. The van der Waals surface area contributed by atoms with Gasteiger partial charge >= 0.3 is 0 Å². The molecule has 0 spiro atoms. The van der Waals surface area contributed by atoms with Crippen LogP contribution >= 0.6 is 12.4 Å². The van der Waals surface area contributed by atoms with Gasteiger partial charge in [0, 0.05) is 0 Å². The average Bonchev–Trinajstić information content (AvgIpc) is 2.55. The molecule has 1 aliphatic heterocycles. The van der Waals surface area contributed by atoms with Gasteiger partial charge < -0.3 is 5.32 Å². The van der Waals surface area contributed by atoms with Crippen molar-refractivity contribution in [1.29, 1.82) is 0 Å². The summed E-state index contributed by atoms with van der Waals surface area (Å²) in [4.78, 5) is 1.50. The summed E-state index contributed by atoms with van der Waals surface area (Å²) in [6, 6.07) is 0.337. The smallest absolute Gasteiger partial charge is 0.191 e. The third-order valence-corrected chi connectivity index (χ3v) is 1.90. The second-order valence-electron chi connectivity index (χ2n) is 2.79. The van der Waals surface area contributed by atoms with E-state index >= 15 is 0 Å². The Morgan fingerprint density at radius 1 is 1.58 bits per heavy atom. The van der Waals surface area contributed by atoms with E-state index in [-0.39, 0.29) is 12.4 Å². The second kappa shape index (κ2) is 3.82. The zero-order valence-electron chi connectivity index (χ0n) is 6.90. The van der Waals surface area contributed by atoms with Crippen molar-refractivity contribution in [3.8, 4) is 0 Å². The van der Waals surface area contributed by atoms with E-state index in [0.29, 0.717) is 6.04 Å². The maximum Gasteiger partial charge on any atom is 0.191 e. The summed E-state index contributed by atoms with van der Waals surface area (Å²) >= 11 is 0. The number of halogens is 1. The van der Waals surface area contributed by atoms with Crippen LogP contribution < -0.4 is 5.32 Å². The largest absolute Gasteiger partial charge is 0.307 e. The lowest BCUT2D eigenvalue weighted by Crippen LogP contribution is -2.14. The SMILES string of the molecule is Cl.Cn1nnc(C2CCCN2)n1. The molecule has 5 nitrogen and oxygen atoms in total. The minimum Gasteiger partial charge on any atom is -0.307 e. The number of hydrogen-bond acceptors (Lipinski definition) is 4. The van der Waals surface area contributed by atoms with E-state index in [1.807, 2.05) is 0 Å². The summed E-state index contributed by atoms with van der Waals surface area (Å²) in [5, 5.41) is 15.1. The van der Waals surface area contributed by atoms with Gasteiger partial charge in [0.25, 0.3) is 0 Å². The van der Waals surface area contributed by atoms with Gasteiger partial charge in [0.15, 0.2) is 5.82 Å². The Balaban J connectivity index is 0.000000720. The van der Waals surface area contributed by atoms with Crippen LogP contribution in [0.4, 0.5) is 0 Å². The maximum atomic E-state index is 4.12. The standard InChI is InChI=1S/C6H11N5.ClH/c1-11-9-6(8-10-11)5-3-2-4-7-5;/h5,7H,2-4H2,1H3;1H. The van der Waals surface area contributed by atoms with Gasteiger partial charge in [-0.1, -0.05) is 0 Å². The summed E-state index contributed by atoms with van der Waals surface area (Å²) in [5.74, 6) is 0.824. The Bertz CT molecular complexity index is 242. The average molecular weight is 190 g/mol. The Labute approximate surface area is 76.9 Å². The molecule has 0 radical (unpaired) electrons. The van der Waals surface area contributed by atoms with Crippen LogP contribution in [-0.2, 0) is 7.05 Å². The first kappa shape index (κ1) is 9.41. The Morgan fingerprint density at radius 2 is 2.42 bits per heavy atom. The minimum atomic E-state index is 0. The molecule has 2 heterocycles. The lowest BCUT2D eigenvalue weighted by Gasteiger charge is -2.01. The summed E-state index contributed by atoms with van der Waals surface area (Å²) in [6.07, 6.45) is 2.34. The topological polar surface area (TPSA) is 55.6 Å². The van der Waals surface area contributed by atoms with Gasteiger partial charge in [-0.15, -0.1) is 22.6 Å². The zero-order chi connectivity index (χ0) is 7.68. The van der Waals surface area contributed by atoms with E-state index in [1.54, 1.807) is 7.05 Å². The van der Waals surface area contributed by atoms with Crippen molar-refractivity contribution in [3.05, 3.63) is 5.82 Å². The number of rotatable bonds is 1. The third-order valence-electron chi connectivity index (χ3n) is 1.90. The highest BCUT2D eigenvalue weighted by Crippen LogP contribution is 2.18. The monoisotopic (exact) mass is 189 g/mol. The molecule has 68 valence electrons. The second-order valence-corrected chi connectivity index (χ2v) is 2.79. The van der Waals surface area contributed by atoms with Crippen LogP contribution in [0.2, 0.25) is 0 Å².